The number of rotatable bonds is 3. The summed E-state index contributed by atoms with van der Waals surface area (Å²) in [7, 11) is 0. The monoisotopic (exact) mass is 252 g/mol. The first kappa shape index (κ1) is 12.5. The number of hydrogen-bond acceptors (Lipinski definition) is 3. The largest absolute Gasteiger partial charge is 0.445 e. The lowest BCUT2D eigenvalue weighted by Crippen LogP contribution is -2.38. The molecule has 4 nitrogen and oxygen atoms in total. The number of likely N-dealkylation sites (tertiary alicyclic amines) is 1. The molecule has 1 saturated carbocycles. The molecule has 17 heavy (non-hydrogen) atoms. The lowest BCUT2D eigenvalue weighted by atomic mass is 10.1. The second-order valence-corrected chi connectivity index (χ2v) is 4.86. The average molecular weight is 252 g/mol. The van der Waals surface area contributed by atoms with Crippen LogP contribution in [0, 0.1) is 5.41 Å². The summed E-state index contributed by atoms with van der Waals surface area (Å²) in [5, 5.41) is 0. The van der Waals surface area contributed by atoms with Gasteiger partial charge in [0, 0.05) is 19.6 Å². The molecule has 0 aromatic rings. The first-order valence-corrected chi connectivity index (χ1v) is 5.58. The van der Waals surface area contributed by atoms with Crippen LogP contribution in [0.15, 0.2) is 0 Å². The Labute approximate surface area is 96.9 Å². The van der Waals surface area contributed by atoms with Crippen molar-refractivity contribution >= 4 is 6.09 Å². The highest BCUT2D eigenvalue weighted by atomic mass is 19.4. The van der Waals surface area contributed by atoms with E-state index in [0.717, 1.165) is 0 Å². The van der Waals surface area contributed by atoms with E-state index < -0.39 is 17.7 Å². The highest BCUT2D eigenvalue weighted by Gasteiger charge is 2.63. The van der Waals surface area contributed by atoms with Crippen molar-refractivity contribution in [1.29, 1.82) is 0 Å². The van der Waals surface area contributed by atoms with Gasteiger partial charge >= 0.3 is 12.3 Å². The number of carbonyl (C=O) groups excluding carboxylic acids is 1. The molecule has 1 unspecified atom stereocenters. The highest BCUT2D eigenvalue weighted by Crippen LogP contribution is 2.58. The van der Waals surface area contributed by atoms with E-state index in [1.54, 1.807) is 4.90 Å². The maximum Gasteiger partial charge on any atom is 0.404 e. The van der Waals surface area contributed by atoms with Gasteiger partial charge in [-0.05, 0) is 19.3 Å². The number of halogens is 3. The number of ether oxygens (including phenoxy) is 1. The smallest absolute Gasteiger partial charge is 0.404 e. The summed E-state index contributed by atoms with van der Waals surface area (Å²) in [5.74, 6) is 0. The topological polar surface area (TPSA) is 55.6 Å². The van der Waals surface area contributed by atoms with Crippen LogP contribution in [0.5, 0.6) is 0 Å². The average Bonchev–Trinajstić information content (AvgIpc) is 2.82. The molecule has 7 heteroatoms. The Balaban J connectivity index is 1.84. The van der Waals surface area contributed by atoms with Crippen LogP contribution < -0.4 is 5.73 Å². The molecule has 1 saturated heterocycles. The van der Waals surface area contributed by atoms with Crippen LogP contribution in [0.2, 0.25) is 0 Å². The number of carbonyl (C=O) groups is 1. The van der Waals surface area contributed by atoms with Crippen LogP contribution >= 0.6 is 0 Å². The summed E-state index contributed by atoms with van der Waals surface area (Å²) >= 11 is 0. The summed E-state index contributed by atoms with van der Waals surface area (Å²) < 4.78 is 43.0. The Bertz CT molecular complexity index is 315. The third-order valence-corrected chi connectivity index (χ3v) is 3.49. The van der Waals surface area contributed by atoms with Gasteiger partial charge in [-0.25, -0.2) is 4.79 Å². The number of alkyl halides is 3. The van der Waals surface area contributed by atoms with E-state index in [4.69, 9.17) is 10.5 Å². The number of hydrogen-bond donors (Lipinski definition) is 1. The SMILES string of the molecule is NC(=O)OC1CCN(CC2(C(F)(F)F)CC2)C1. The quantitative estimate of drug-likeness (QED) is 0.828. The van der Waals surface area contributed by atoms with Gasteiger partial charge in [-0.2, -0.15) is 13.2 Å². The van der Waals surface area contributed by atoms with Crippen molar-refractivity contribution in [3.63, 3.8) is 0 Å². The maximum atomic E-state index is 12.7. The van der Waals surface area contributed by atoms with Crippen LogP contribution in [0.4, 0.5) is 18.0 Å². The zero-order chi connectivity index (χ0) is 12.7. The summed E-state index contributed by atoms with van der Waals surface area (Å²) in [6.45, 7) is 0.881. The van der Waals surface area contributed by atoms with Gasteiger partial charge in [-0.1, -0.05) is 0 Å². The number of nitrogens with two attached hydrogens (primary N) is 1. The molecule has 2 rings (SSSR count). The van der Waals surface area contributed by atoms with E-state index in [1.165, 1.54) is 0 Å². The van der Waals surface area contributed by atoms with Crippen molar-refractivity contribution in [2.45, 2.75) is 31.5 Å². The maximum absolute atomic E-state index is 12.7. The normalized spacial score (nSPS) is 28.1. The first-order chi connectivity index (χ1) is 7.82. The van der Waals surface area contributed by atoms with Gasteiger partial charge in [0.25, 0.3) is 0 Å². The molecule has 1 amide bonds. The Hall–Kier alpha value is -0.980. The standard InChI is InChI=1S/C10H15F3N2O2/c11-10(12,13)9(2-3-9)6-15-4-1-7(5-15)17-8(14)16/h7H,1-6H2,(H2,14,16). The molecule has 2 N–H and O–H groups in total. The van der Waals surface area contributed by atoms with Crippen molar-refractivity contribution in [1.82, 2.24) is 4.90 Å². The molecule has 0 spiro atoms. The predicted molar refractivity (Wildman–Crippen MR) is 53.2 cm³/mol. The molecule has 0 radical (unpaired) electrons. The fraction of sp³-hybridized carbons (Fsp3) is 0.900. The van der Waals surface area contributed by atoms with Crippen LogP contribution in [-0.4, -0.2) is 42.9 Å². The zero-order valence-electron chi connectivity index (χ0n) is 9.29. The lowest BCUT2D eigenvalue weighted by molar-refractivity contribution is -0.191. The van der Waals surface area contributed by atoms with Gasteiger partial charge in [0.2, 0.25) is 0 Å². The minimum absolute atomic E-state index is 0.00905. The van der Waals surface area contributed by atoms with Crippen molar-refractivity contribution < 1.29 is 22.7 Å². The van der Waals surface area contributed by atoms with E-state index in [1.807, 2.05) is 0 Å². The Kier molecular flexibility index (Phi) is 2.97. The Morgan fingerprint density at radius 1 is 1.47 bits per heavy atom. The minimum atomic E-state index is -4.13. The molecule has 98 valence electrons. The van der Waals surface area contributed by atoms with Crippen molar-refractivity contribution in [3.8, 4) is 0 Å². The molecule has 2 aliphatic rings. The Morgan fingerprint density at radius 3 is 2.59 bits per heavy atom. The van der Waals surface area contributed by atoms with Crippen molar-refractivity contribution in [2.24, 2.45) is 11.1 Å². The van der Waals surface area contributed by atoms with Crippen molar-refractivity contribution in [2.75, 3.05) is 19.6 Å². The van der Waals surface area contributed by atoms with E-state index in [2.05, 4.69) is 0 Å². The molecule has 1 aliphatic heterocycles. The van der Waals surface area contributed by atoms with Crippen LogP contribution in [0.25, 0.3) is 0 Å². The van der Waals surface area contributed by atoms with Gasteiger partial charge in [0.15, 0.2) is 0 Å². The fourth-order valence-corrected chi connectivity index (χ4v) is 2.31. The zero-order valence-corrected chi connectivity index (χ0v) is 9.29. The van der Waals surface area contributed by atoms with Gasteiger partial charge in [0.05, 0.1) is 5.41 Å². The molecule has 1 aliphatic carbocycles. The summed E-state index contributed by atoms with van der Waals surface area (Å²) in [4.78, 5) is 12.2. The summed E-state index contributed by atoms with van der Waals surface area (Å²) in [6.07, 6.45) is -4.40. The van der Waals surface area contributed by atoms with E-state index in [-0.39, 0.29) is 25.5 Å². The third kappa shape index (κ3) is 2.65. The molecule has 1 atom stereocenters. The van der Waals surface area contributed by atoms with Crippen LogP contribution in [0.3, 0.4) is 0 Å². The summed E-state index contributed by atoms with van der Waals surface area (Å²) in [6, 6.07) is 0. The molecular formula is C10H15F3N2O2. The lowest BCUT2D eigenvalue weighted by Gasteiger charge is -2.25. The fourth-order valence-electron chi connectivity index (χ4n) is 2.31. The molecule has 0 bridgehead atoms. The second-order valence-electron chi connectivity index (χ2n) is 4.86. The van der Waals surface area contributed by atoms with Gasteiger partial charge in [-0.15, -0.1) is 0 Å². The highest BCUT2D eigenvalue weighted by molar-refractivity contribution is 5.64. The predicted octanol–water partition coefficient (Wildman–Crippen LogP) is 1.50. The third-order valence-electron chi connectivity index (χ3n) is 3.49. The van der Waals surface area contributed by atoms with Gasteiger partial charge < -0.3 is 10.5 Å². The molecule has 2 fully saturated rings. The first-order valence-electron chi connectivity index (χ1n) is 5.58. The Morgan fingerprint density at radius 2 is 2.12 bits per heavy atom. The molecular weight excluding hydrogens is 237 g/mol. The number of nitrogens with zero attached hydrogens (tertiary/aromatic N) is 1. The molecule has 1 heterocycles. The number of amides is 1. The van der Waals surface area contributed by atoms with E-state index in [9.17, 15) is 18.0 Å². The van der Waals surface area contributed by atoms with Crippen LogP contribution in [0.1, 0.15) is 19.3 Å². The van der Waals surface area contributed by atoms with E-state index in [0.29, 0.717) is 19.5 Å². The van der Waals surface area contributed by atoms with Crippen LogP contribution in [-0.2, 0) is 4.74 Å². The second kappa shape index (κ2) is 4.04. The summed E-state index contributed by atoms with van der Waals surface area (Å²) in [5.41, 5.74) is 3.35. The minimum Gasteiger partial charge on any atom is -0.445 e. The molecule has 0 aromatic carbocycles. The van der Waals surface area contributed by atoms with Gasteiger partial charge in [0.1, 0.15) is 6.10 Å². The van der Waals surface area contributed by atoms with Gasteiger partial charge in [-0.3, -0.25) is 4.90 Å². The van der Waals surface area contributed by atoms with Crippen molar-refractivity contribution in [3.05, 3.63) is 0 Å². The number of primary amides is 1. The molecule has 0 aromatic heterocycles. The van der Waals surface area contributed by atoms with E-state index >= 15 is 0 Å².